The highest BCUT2D eigenvalue weighted by molar-refractivity contribution is 9.10. The van der Waals surface area contributed by atoms with Crippen LogP contribution in [0, 0.1) is 0 Å². The number of nitrogens with two attached hydrogens (primary N) is 1. The van der Waals surface area contributed by atoms with Crippen molar-refractivity contribution in [1.29, 1.82) is 0 Å². The van der Waals surface area contributed by atoms with E-state index in [9.17, 15) is 4.79 Å². The molecule has 15 heavy (non-hydrogen) atoms. The van der Waals surface area contributed by atoms with E-state index in [4.69, 9.17) is 5.73 Å². The van der Waals surface area contributed by atoms with Crippen LogP contribution in [-0.4, -0.2) is 11.9 Å². The summed E-state index contributed by atoms with van der Waals surface area (Å²) >= 11 is 3.36. The average Bonchev–Trinajstić information content (AvgIpc) is 2.14. The van der Waals surface area contributed by atoms with Crippen molar-refractivity contribution in [3.8, 4) is 0 Å². The van der Waals surface area contributed by atoms with Crippen molar-refractivity contribution in [2.45, 2.75) is 19.5 Å². The number of hydrogen-bond donors (Lipinski definition) is 2. The summed E-state index contributed by atoms with van der Waals surface area (Å²) in [6.45, 7) is 2.18. The predicted octanol–water partition coefficient (Wildman–Crippen LogP) is 1.83. The summed E-state index contributed by atoms with van der Waals surface area (Å²) < 4.78 is 1.00. The van der Waals surface area contributed by atoms with E-state index in [0.717, 1.165) is 10.0 Å². The third-order valence-corrected chi connectivity index (χ3v) is 2.26. The Balaban J connectivity index is 0.00000196. The maximum atomic E-state index is 11.2. The summed E-state index contributed by atoms with van der Waals surface area (Å²) in [5, 5.41) is 2.74. The van der Waals surface area contributed by atoms with Gasteiger partial charge in [0.2, 0.25) is 5.91 Å². The molecule has 0 spiro atoms. The molecule has 0 saturated heterocycles. The first kappa shape index (κ1) is 14.4. The quantitative estimate of drug-likeness (QED) is 0.893. The minimum absolute atomic E-state index is 0. The Bertz CT molecular complexity index is 331. The Kier molecular flexibility index (Phi) is 6.56. The summed E-state index contributed by atoms with van der Waals surface area (Å²) in [7, 11) is 0. The van der Waals surface area contributed by atoms with E-state index in [-0.39, 0.29) is 18.3 Å². The van der Waals surface area contributed by atoms with Crippen molar-refractivity contribution < 1.29 is 4.79 Å². The molecule has 0 saturated carbocycles. The molecule has 3 N–H and O–H groups in total. The molecule has 1 amide bonds. The van der Waals surface area contributed by atoms with Crippen LogP contribution in [0.1, 0.15) is 12.5 Å². The fourth-order valence-corrected chi connectivity index (χ4v) is 1.44. The number of halogens is 2. The molecule has 0 unspecified atom stereocenters. The Morgan fingerprint density at radius 3 is 2.80 bits per heavy atom. The lowest BCUT2D eigenvalue weighted by Crippen LogP contribution is -2.37. The van der Waals surface area contributed by atoms with E-state index in [2.05, 4.69) is 21.2 Å². The highest BCUT2D eigenvalue weighted by atomic mass is 79.9. The van der Waals surface area contributed by atoms with Gasteiger partial charge in [-0.15, -0.1) is 12.4 Å². The van der Waals surface area contributed by atoms with Gasteiger partial charge in [-0.1, -0.05) is 28.1 Å². The first-order chi connectivity index (χ1) is 6.59. The van der Waals surface area contributed by atoms with E-state index in [1.54, 1.807) is 6.92 Å². The van der Waals surface area contributed by atoms with Crippen molar-refractivity contribution in [1.82, 2.24) is 5.32 Å². The zero-order valence-corrected chi connectivity index (χ0v) is 10.8. The van der Waals surface area contributed by atoms with Crippen LogP contribution in [0.5, 0.6) is 0 Å². The third-order valence-electron chi connectivity index (χ3n) is 1.77. The molecule has 0 aliphatic rings. The lowest BCUT2D eigenvalue weighted by atomic mass is 10.2. The standard InChI is InChI=1S/C10H13BrN2O.ClH/c1-7(12)10(14)13-6-8-3-2-4-9(11)5-8;/h2-5,7H,6,12H2,1H3,(H,13,14);1H/t7-;/m1./s1. The van der Waals surface area contributed by atoms with Crippen LogP contribution < -0.4 is 11.1 Å². The van der Waals surface area contributed by atoms with Crippen molar-refractivity contribution in [3.05, 3.63) is 34.3 Å². The largest absolute Gasteiger partial charge is 0.351 e. The zero-order valence-electron chi connectivity index (χ0n) is 8.37. The van der Waals surface area contributed by atoms with Gasteiger partial charge in [-0.2, -0.15) is 0 Å². The first-order valence-corrected chi connectivity index (χ1v) is 5.16. The van der Waals surface area contributed by atoms with E-state index in [1.807, 2.05) is 24.3 Å². The molecular formula is C10H14BrClN2O. The Labute approximate surface area is 104 Å². The molecule has 0 bridgehead atoms. The average molecular weight is 294 g/mol. The maximum absolute atomic E-state index is 11.2. The number of benzene rings is 1. The predicted molar refractivity (Wildman–Crippen MR) is 66.9 cm³/mol. The van der Waals surface area contributed by atoms with Crippen molar-refractivity contribution >= 4 is 34.2 Å². The van der Waals surface area contributed by atoms with Gasteiger partial charge in [-0.05, 0) is 24.6 Å². The molecule has 0 aliphatic heterocycles. The molecule has 84 valence electrons. The minimum atomic E-state index is -0.456. The maximum Gasteiger partial charge on any atom is 0.236 e. The molecule has 0 heterocycles. The summed E-state index contributed by atoms with van der Waals surface area (Å²) in [6, 6.07) is 7.32. The van der Waals surface area contributed by atoms with Crippen LogP contribution in [0.3, 0.4) is 0 Å². The number of hydrogen-bond acceptors (Lipinski definition) is 2. The second kappa shape index (κ2) is 6.82. The Hall–Kier alpha value is -0.580. The number of nitrogens with one attached hydrogen (secondary N) is 1. The van der Waals surface area contributed by atoms with Crippen molar-refractivity contribution in [2.24, 2.45) is 5.73 Å². The zero-order chi connectivity index (χ0) is 10.6. The fraction of sp³-hybridized carbons (Fsp3) is 0.300. The molecule has 1 rings (SSSR count). The van der Waals surface area contributed by atoms with Gasteiger partial charge in [0.25, 0.3) is 0 Å². The molecular weight excluding hydrogens is 279 g/mol. The Morgan fingerprint density at radius 2 is 2.27 bits per heavy atom. The van der Waals surface area contributed by atoms with Crippen molar-refractivity contribution in [3.63, 3.8) is 0 Å². The monoisotopic (exact) mass is 292 g/mol. The van der Waals surface area contributed by atoms with Gasteiger partial charge in [0.15, 0.2) is 0 Å². The second-order valence-corrected chi connectivity index (χ2v) is 4.05. The molecule has 3 nitrogen and oxygen atoms in total. The number of amides is 1. The second-order valence-electron chi connectivity index (χ2n) is 3.14. The number of rotatable bonds is 3. The molecule has 0 aliphatic carbocycles. The van der Waals surface area contributed by atoms with Gasteiger partial charge >= 0.3 is 0 Å². The molecule has 0 radical (unpaired) electrons. The summed E-state index contributed by atoms with van der Waals surface area (Å²) in [4.78, 5) is 11.2. The fourth-order valence-electron chi connectivity index (χ4n) is 0.997. The highest BCUT2D eigenvalue weighted by Crippen LogP contribution is 2.11. The highest BCUT2D eigenvalue weighted by Gasteiger charge is 2.05. The van der Waals surface area contributed by atoms with E-state index < -0.39 is 6.04 Å². The lowest BCUT2D eigenvalue weighted by Gasteiger charge is -2.07. The topological polar surface area (TPSA) is 55.1 Å². The molecule has 5 heteroatoms. The van der Waals surface area contributed by atoms with Crippen LogP contribution >= 0.6 is 28.3 Å². The molecule has 0 aromatic heterocycles. The van der Waals surface area contributed by atoms with E-state index in [1.165, 1.54) is 0 Å². The number of carbonyl (C=O) groups excluding carboxylic acids is 1. The van der Waals surface area contributed by atoms with E-state index in [0.29, 0.717) is 6.54 Å². The minimum Gasteiger partial charge on any atom is -0.351 e. The molecule has 1 atom stereocenters. The number of carbonyl (C=O) groups is 1. The summed E-state index contributed by atoms with van der Waals surface area (Å²) in [5.74, 6) is -0.134. The van der Waals surface area contributed by atoms with Crippen molar-refractivity contribution in [2.75, 3.05) is 0 Å². The van der Waals surface area contributed by atoms with Crippen LogP contribution in [0.15, 0.2) is 28.7 Å². The molecule has 0 fully saturated rings. The molecule has 1 aromatic carbocycles. The van der Waals surface area contributed by atoms with Gasteiger partial charge < -0.3 is 11.1 Å². The SMILES string of the molecule is C[C@@H](N)C(=O)NCc1cccc(Br)c1.Cl. The summed E-state index contributed by atoms with van der Waals surface area (Å²) in [5.41, 5.74) is 6.46. The van der Waals surface area contributed by atoms with Gasteiger partial charge in [0.05, 0.1) is 6.04 Å². The van der Waals surface area contributed by atoms with Gasteiger partial charge in [0, 0.05) is 11.0 Å². The van der Waals surface area contributed by atoms with Crippen LogP contribution in [0.25, 0.3) is 0 Å². The smallest absolute Gasteiger partial charge is 0.236 e. The normalized spacial score (nSPS) is 11.4. The third kappa shape index (κ3) is 5.16. The van der Waals surface area contributed by atoms with Gasteiger partial charge in [-0.25, -0.2) is 0 Å². The van der Waals surface area contributed by atoms with Gasteiger partial charge in [0.1, 0.15) is 0 Å². The van der Waals surface area contributed by atoms with Gasteiger partial charge in [-0.3, -0.25) is 4.79 Å². The molecule has 1 aromatic rings. The van der Waals surface area contributed by atoms with Crippen LogP contribution in [0.2, 0.25) is 0 Å². The van der Waals surface area contributed by atoms with Crippen LogP contribution in [0.4, 0.5) is 0 Å². The Morgan fingerprint density at radius 1 is 1.60 bits per heavy atom. The lowest BCUT2D eigenvalue weighted by molar-refractivity contribution is -0.122. The summed E-state index contributed by atoms with van der Waals surface area (Å²) in [6.07, 6.45) is 0. The first-order valence-electron chi connectivity index (χ1n) is 4.37. The van der Waals surface area contributed by atoms with Crippen LogP contribution in [-0.2, 0) is 11.3 Å². The van der Waals surface area contributed by atoms with E-state index >= 15 is 0 Å².